The molecule has 1 fully saturated rings. The van der Waals surface area contributed by atoms with Crippen molar-refractivity contribution in [2.45, 2.75) is 37.0 Å². The largest absolute Gasteiger partial charge is 0.391 e. The van der Waals surface area contributed by atoms with E-state index in [1.165, 1.54) is 22.1 Å². The second kappa shape index (κ2) is 5.28. The van der Waals surface area contributed by atoms with E-state index in [1.54, 1.807) is 13.1 Å². The van der Waals surface area contributed by atoms with Crippen LogP contribution in [0.2, 0.25) is 0 Å². The fourth-order valence-electron chi connectivity index (χ4n) is 2.06. The Labute approximate surface area is 112 Å². The highest BCUT2D eigenvalue weighted by molar-refractivity contribution is 7.91. The molecule has 0 aromatic carbocycles. The summed E-state index contributed by atoms with van der Waals surface area (Å²) in [6.45, 7) is 2.33. The van der Waals surface area contributed by atoms with Gasteiger partial charge < -0.3 is 5.11 Å². The minimum atomic E-state index is -3.38. The summed E-state index contributed by atoms with van der Waals surface area (Å²) in [5.41, 5.74) is 0.845. The monoisotopic (exact) mass is 289 g/mol. The van der Waals surface area contributed by atoms with Crippen molar-refractivity contribution in [2.75, 3.05) is 13.6 Å². The molecule has 1 aromatic rings. The Morgan fingerprint density at radius 3 is 2.61 bits per heavy atom. The first-order valence-electron chi connectivity index (χ1n) is 6.11. The van der Waals surface area contributed by atoms with E-state index in [0.717, 1.165) is 23.3 Å². The van der Waals surface area contributed by atoms with E-state index >= 15 is 0 Å². The zero-order chi connectivity index (χ0) is 13.3. The fourth-order valence-corrected chi connectivity index (χ4v) is 4.97. The van der Waals surface area contributed by atoms with Crippen molar-refractivity contribution in [3.05, 3.63) is 16.5 Å². The highest BCUT2D eigenvalue weighted by Crippen LogP contribution is 2.31. The van der Waals surface area contributed by atoms with E-state index in [-0.39, 0.29) is 6.61 Å². The Morgan fingerprint density at radius 2 is 2.17 bits per heavy atom. The molecule has 2 rings (SSSR count). The van der Waals surface area contributed by atoms with Crippen LogP contribution in [0.3, 0.4) is 0 Å². The normalized spacial score (nSPS) is 17.1. The topological polar surface area (TPSA) is 57.6 Å². The quantitative estimate of drug-likeness (QED) is 0.901. The average Bonchev–Trinajstić information content (AvgIpc) is 2.65. The summed E-state index contributed by atoms with van der Waals surface area (Å²) in [6.07, 6.45) is 3.47. The molecule has 6 heteroatoms. The number of aliphatic hydroxyl groups excluding tert-OH is 1. The molecule has 102 valence electrons. The minimum Gasteiger partial charge on any atom is -0.391 e. The van der Waals surface area contributed by atoms with Crippen LogP contribution in [0.15, 0.2) is 10.3 Å². The third-order valence-electron chi connectivity index (χ3n) is 3.55. The SMILES string of the molecule is Cc1cc(S(=O)(=O)N(C)CC2CCC2)sc1CO. The van der Waals surface area contributed by atoms with Crippen molar-refractivity contribution in [3.63, 3.8) is 0 Å². The van der Waals surface area contributed by atoms with Gasteiger partial charge >= 0.3 is 0 Å². The van der Waals surface area contributed by atoms with Crippen LogP contribution >= 0.6 is 11.3 Å². The van der Waals surface area contributed by atoms with Gasteiger partial charge in [0.05, 0.1) is 6.61 Å². The van der Waals surface area contributed by atoms with Crippen molar-refractivity contribution < 1.29 is 13.5 Å². The molecule has 1 aromatic heterocycles. The van der Waals surface area contributed by atoms with Gasteiger partial charge in [0.2, 0.25) is 0 Å². The Kier molecular flexibility index (Phi) is 4.11. The Bertz CT molecular complexity index is 517. The number of aryl methyl sites for hydroxylation is 1. The van der Waals surface area contributed by atoms with Crippen LogP contribution < -0.4 is 0 Å². The molecule has 0 spiro atoms. The predicted molar refractivity (Wildman–Crippen MR) is 72.1 cm³/mol. The number of hydrogen-bond acceptors (Lipinski definition) is 4. The number of rotatable bonds is 5. The van der Waals surface area contributed by atoms with Crippen LogP contribution in [0.25, 0.3) is 0 Å². The lowest BCUT2D eigenvalue weighted by molar-refractivity contribution is 0.263. The highest BCUT2D eigenvalue weighted by Gasteiger charge is 2.28. The summed E-state index contributed by atoms with van der Waals surface area (Å²) in [4.78, 5) is 0.727. The number of sulfonamides is 1. The van der Waals surface area contributed by atoms with Crippen LogP contribution in [-0.2, 0) is 16.6 Å². The highest BCUT2D eigenvalue weighted by atomic mass is 32.2. The standard InChI is InChI=1S/C12H19NO3S2/c1-9-6-12(17-11(9)8-14)18(15,16)13(2)7-10-4-3-5-10/h6,10,14H,3-5,7-8H2,1-2H3. The van der Waals surface area contributed by atoms with Gasteiger partial charge in [-0.25, -0.2) is 8.42 Å². The predicted octanol–water partition coefficient (Wildman–Crippen LogP) is 1.97. The van der Waals surface area contributed by atoms with E-state index in [1.807, 2.05) is 6.92 Å². The molecule has 1 heterocycles. The van der Waals surface area contributed by atoms with Gasteiger partial charge in [-0.05, 0) is 37.3 Å². The second-order valence-electron chi connectivity index (χ2n) is 4.91. The van der Waals surface area contributed by atoms with Crippen molar-refractivity contribution in [2.24, 2.45) is 5.92 Å². The summed E-state index contributed by atoms with van der Waals surface area (Å²) in [5.74, 6) is 0.517. The number of aliphatic hydroxyl groups is 1. The van der Waals surface area contributed by atoms with Gasteiger partial charge in [-0.2, -0.15) is 4.31 Å². The van der Waals surface area contributed by atoms with Crippen molar-refractivity contribution in [1.29, 1.82) is 0 Å². The maximum atomic E-state index is 12.3. The molecule has 18 heavy (non-hydrogen) atoms. The summed E-state index contributed by atoms with van der Waals surface area (Å²) < 4.78 is 26.5. The smallest absolute Gasteiger partial charge is 0.252 e. The van der Waals surface area contributed by atoms with Gasteiger partial charge in [0.25, 0.3) is 10.0 Å². The molecule has 0 radical (unpaired) electrons. The minimum absolute atomic E-state index is 0.0988. The van der Waals surface area contributed by atoms with E-state index in [4.69, 9.17) is 5.11 Å². The zero-order valence-corrected chi connectivity index (χ0v) is 12.4. The fraction of sp³-hybridized carbons (Fsp3) is 0.667. The Morgan fingerprint density at radius 1 is 1.50 bits per heavy atom. The molecule has 0 aliphatic heterocycles. The molecule has 0 bridgehead atoms. The van der Waals surface area contributed by atoms with Crippen LogP contribution in [0.5, 0.6) is 0 Å². The molecule has 1 N–H and O–H groups in total. The molecule has 1 aliphatic carbocycles. The van der Waals surface area contributed by atoms with Gasteiger partial charge in [-0.3, -0.25) is 0 Å². The van der Waals surface area contributed by atoms with Crippen molar-refractivity contribution >= 4 is 21.4 Å². The Balaban J connectivity index is 2.17. The van der Waals surface area contributed by atoms with Gasteiger partial charge in [0.1, 0.15) is 4.21 Å². The molecule has 1 saturated carbocycles. The number of thiophene rings is 1. The molecule has 1 aliphatic rings. The van der Waals surface area contributed by atoms with E-state index in [9.17, 15) is 8.42 Å². The van der Waals surface area contributed by atoms with Gasteiger partial charge in [0.15, 0.2) is 0 Å². The summed E-state index contributed by atoms with van der Waals surface area (Å²) in [6, 6.07) is 1.66. The van der Waals surface area contributed by atoms with Crippen molar-refractivity contribution in [3.8, 4) is 0 Å². The zero-order valence-electron chi connectivity index (χ0n) is 10.7. The maximum absolute atomic E-state index is 12.3. The molecular formula is C12H19NO3S2. The number of hydrogen-bond donors (Lipinski definition) is 1. The average molecular weight is 289 g/mol. The first kappa shape index (κ1) is 14.0. The summed E-state index contributed by atoms with van der Waals surface area (Å²) >= 11 is 1.17. The lowest BCUT2D eigenvalue weighted by Gasteiger charge is -2.29. The molecule has 0 unspecified atom stereocenters. The molecular weight excluding hydrogens is 270 g/mol. The van der Waals surface area contributed by atoms with E-state index < -0.39 is 10.0 Å². The lowest BCUT2D eigenvalue weighted by atomic mass is 9.86. The Hall–Kier alpha value is -0.430. The third-order valence-corrected chi connectivity index (χ3v) is 7.04. The van der Waals surface area contributed by atoms with E-state index in [0.29, 0.717) is 16.7 Å². The molecule has 0 saturated heterocycles. The van der Waals surface area contributed by atoms with Crippen LogP contribution in [-0.4, -0.2) is 31.4 Å². The van der Waals surface area contributed by atoms with Crippen molar-refractivity contribution in [1.82, 2.24) is 4.31 Å². The van der Waals surface area contributed by atoms with Crippen LogP contribution in [0.1, 0.15) is 29.7 Å². The van der Waals surface area contributed by atoms with Gasteiger partial charge in [0, 0.05) is 18.5 Å². The van der Waals surface area contributed by atoms with Crippen LogP contribution in [0, 0.1) is 12.8 Å². The first-order chi connectivity index (χ1) is 8.45. The summed E-state index contributed by atoms with van der Waals surface area (Å²) in [7, 11) is -1.74. The molecule has 0 atom stereocenters. The van der Waals surface area contributed by atoms with Gasteiger partial charge in [-0.1, -0.05) is 6.42 Å². The number of nitrogens with zero attached hydrogens (tertiary/aromatic N) is 1. The van der Waals surface area contributed by atoms with Crippen LogP contribution in [0.4, 0.5) is 0 Å². The summed E-state index contributed by atoms with van der Waals surface area (Å²) in [5, 5.41) is 9.13. The molecule has 4 nitrogen and oxygen atoms in total. The lowest BCUT2D eigenvalue weighted by Crippen LogP contribution is -2.33. The maximum Gasteiger partial charge on any atom is 0.252 e. The molecule has 0 amide bonds. The second-order valence-corrected chi connectivity index (χ2v) is 8.32. The van der Waals surface area contributed by atoms with E-state index in [2.05, 4.69) is 0 Å². The third kappa shape index (κ3) is 2.61. The van der Waals surface area contributed by atoms with Gasteiger partial charge in [-0.15, -0.1) is 11.3 Å². The first-order valence-corrected chi connectivity index (χ1v) is 8.37.